The van der Waals surface area contributed by atoms with E-state index >= 15 is 0 Å². The van der Waals surface area contributed by atoms with Gasteiger partial charge in [-0.3, -0.25) is 0 Å². The zero-order valence-corrected chi connectivity index (χ0v) is 11.2. The van der Waals surface area contributed by atoms with Crippen molar-refractivity contribution in [1.82, 2.24) is 9.38 Å². The molecule has 0 unspecified atom stereocenters. The summed E-state index contributed by atoms with van der Waals surface area (Å²) in [7, 11) is 1.73. The molecule has 0 spiro atoms. The van der Waals surface area contributed by atoms with E-state index in [1.54, 1.807) is 7.11 Å². The first-order chi connectivity index (χ1) is 8.33. The van der Waals surface area contributed by atoms with Crippen molar-refractivity contribution in [1.29, 1.82) is 0 Å². The third-order valence-corrected chi connectivity index (χ3v) is 2.55. The minimum atomic E-state index is 0.792. The number of fused-ring (bicyclic) bond motifs is 1. The van der Waals surface area contributed by atoms with E-state index in [1.807, 2.05) is 26.0 Å². The number of aromatic nitrogens is 2. The van der Waals surface area contributed by atoms with Crippen LogP contribution in [0.5, 0.6) is 0 Å². The Bertz CT molecular complexity index is 448. The van der Waals surface area contributed by atoms with Gasteiger partial charge in [-0.05, 0) is 25.5 Å². The van der Waals surface area contributed by atoms with Crippen LogP contribution in [-0.2, 0) is 11.2 Å². The van der Waals surface area contributed by atoms with E-state index in [9.17, 15) is 0 Å². The van der Waals surface area contributed by atoms with Crippen LogP contribution in [0.25, 0.3) is 5.52 Å². The van der Waals surface area contributed by atoms with Crippen LogP contribution in [0.15, 0.2) is 24.4 Å². The van der Waals surface area contributed by atoms with Gasteiger partial charge in [-0.2, -0.15) is 0 Å². The normalized spacial score (nSPS) is 10.1. The summed E-state index contributed by atoms with van der Waals surface area (Å²) in [4.78, 5) is 4.57. The molecule has 0 atom stereocenters. The standard InChI is InChI=1S/C12H16N2O.C2H6/c1-10-11-6-3-4-8-14(11)12(13-10)7-5-9-15-2;1-2/h3-4,6,8H,5,7,9H2,1-2H3;1-2H3. The van der Waals surface area contributed by atoms with Gasteiger partial charge in [0.1, 0.15) is 5.82 Å². The van der Waals surface area contributed by atoms with Gasteiger partial charge in [0, 0.05) is 26.3 Å². The van der Waals surface area contributed by atoms with Crippen LogP contribution in [0.1, 0.15) is 31.8 Å². The summed E-state index contributed by atoms with van der Waals surface area (Å²) in [5.74, 6) is 1.13. The van der Waals surface area contributed by atoms with Crippen molar-refractivity contribution in [3.05, 3.63) is 35.9 Å². The van der Waals surface area contributed by atoms with Crippen molar-refractivity contribution < 1.29 is 4.74 Å². The van der Waals surface area contributed by atoms with E-state index in [-0.39, 0.29) is 0 Å². The van der Waals surface area contributed by atoms with Gasteiger partial charge in [-0.1, -0.05) is 19.9 Å². The van der Waals surface area contributed by atoms with Crippen molar-refractivity contribution >= 4 is 5.52 Å². The second-order valence-electron chi connectivity index (χ2n) is 3.67. The Kier molecular flexibility index (Phi) is 5.70. The largest absolute Gasteiger partial charge is 0.385 e. The van der Waals surface area contributed by atoms with Gasteiger partial charge in [0.25, 0.3) is 0 Å². The van der Waals surface area contributed by atoms with Crippen molar-refractivity contribution in [3.63, 3.8) is 0 Å². The molecule has 3 nitrogen and oxygen atoms in total. The molecule has 0 aliphatic rings. The smallest absolute Gasteiger partial charge is 0.113 e. The molecular formula is C14H22N2O. The highest BCUT2D eigenvalue weighted by Gasteiger charge is 2.05. The summed E-state index contributed by atoms with van der Waals surface area (Å²) in [6, 6.07) is 6.18. The summed E-state index contributed by atoms with van der Waals surface area (Å²) >= 11 is 0. The van der Waals surface area contributed by atoms with Gasteiger partial charge >= 0.3 is 0 Å². The van der Waals surface area contributed by atoms with E-state index in [2.05, 4.69) is 28.6 Å². The molecule has 0 saturated carbocycles. The molecule has 17 heavy (non-hydrogen) atoms. The number of hydrogen-bond donors (Lipinski definition) is 0. The molecule has 0 N–H and O–H groups in total. The minimum Gasteiger partial charge on any atom is -0.385 e. The Morgan fingerprint density at radius 2 is 2.06 bits per heavy atom. The zero-order chi connectivity index (χ0) is 12.7. The van der Waals surface area contributed by atoms with Crippen LogP contribution in [-0.4, -0.2) is 23.1 Å². The highest BCUT2D eigenvalue weighted by atomic mass is 16.5. The van der Waals surface area contributed by atoms with Gasteiger partial charge in [-0.15, -0.1) is 0 Å². The second kappa shape index (κ2) is 7.07. The monoisotopic (exact) mass is 234 g/mol. The number of methoxy groups -OCH3 is 1. The van der Waals surface area contributed by atoms with E-state index < -0.39 is 0 Å². The Morgan fingerprint density at radius 3 is 2.76 bits per heavy atom. The summed E-state index contributed by atoms with van der Waals surface area (Å²) in [5.41, 5.74) is 2.30. The first-order valence-electron chi connectivity index (χ1n) is 6.24. The van der Waals surface area contributed by atoms with Gasteiger partial charge in [0.05, 0.1) is 11.2 Å². The lowest BCUT2D eigenvalue weighted by Gasteiger charge is -2.00. The number of ether oxygens (including phenoxy) is 1. The van der Waals surface area contributed by atoms with E-state index in [1.165, 1.54) is 5.52 Å². The minimum absolute atomic E-state index is 0.792. The number of pyridine rings is 1. The lowest BCUT2D eigenvalue weighted by atomic mass is 10.3. The molecule has 2 aromatic heterocycles. The second-order valence-corrected chi connectivity index (χ2v) is 3.67. The van der Waals surface area contributed by atoms with Gasteiger partial charge in [0.2, 0.25) is 0 Å². The molecule has 0 radical (unpaired) electrons. The SMILES string of the molecule is CC.COCCCc1nc(C)c2ccccn12. The third-order valence-electron chi connectivity index (χ3n) is 2.55. The fraction of sp³-hybridized carbons (Fsp3) is 0.500. The highest BCUT2D eigenvalue weighted by Crippen LogP contribution is 2.12. The fourth-order valence-corrected chi connectivity index (χ4v) is 1.82. The van der Waals surface area contributed by atoms with Crippen LogP contribution in [0.2, 0.25) is 0 Å². The molecule has 0 amide bonds. The van der Waals surface area contributed by atoms with E-state index in [0.717, 1.165) is 31.0 Å². The topological polar surface area (TPSA) is 26.5 Å². The van der Waals surface area contributed by atoms with Gasteiger partial charge < -0.3 is 9.14 Å². The maximum Gasteiger partial charge on any atom is 0.113 e. The predicted octanol–water partition coefficient (Wildman–Crippen LogP) is 3.25. The molecule has 0 aliphatic heterocycles. The van der Waals surface area contributed by atoms with Crippen molar-refractivity contribution in [2.24, 2.45) is 0 Å². The zero-order valence-electron chi connectivity index (χ0n) is 11.2. The summed E-state index contributed by atoms with van der Waals surface area (Å²) in [6.45, 7) is 6.84. The van der Waals surface area contributed by atoms with Gasteiger partial charge in [-0.25, -0.2) is 4.98 Å². The summed E-state index contributed by atoms with van der Waals surface area (Å²) < 4.78 is 7.20. The number of rotatable bonds is 4. The molecule has 0 aliphatic carbocycles. The summed E-state index contributed by atoms with van der Waals surface area (Å²) in [5, 5.41) is 0. The maximum atomic E-state index is 5.05. The highest BCUT2D eigenvalue weighted by molar-refractivity contribution is 5.52. The molecule has 0 aromatic carbocycles. The predicted molar refractivity (Wildman–Crippen MR) is 71.5 cm³/mol. The van der Waals surface area contributed by atoms with E-state index in [0.29, 0.717) is 0 Å². The van der Waals surface area contributed by atoms with Crippen LogP contribution < -0.4 is 0 Å². The number of nitrogens with zero attached hydrogens (tertiary/aromatic N) is 2. The Morgan fingerprint density at radius 1 is 1.29 bits per heavy atom. The van der Waals surface area contributed by atoms with Crippen LogP contribution in [0.3, 0.4) is 0 Å². The number of imidazole rings is 1. The first kappa shape index (κ1) is 13.7. The van der Waals surface area contributed by atoms with Gasteiger partial charge in [0.15, 0.2) is 0 Å². The van der Waals surface area contributed by atoms with Crippen molar-refractivity contribution in [2.75, 3.05) is 13.7 Å². The Hall–Kier alpha value is -1.35. The lowest BCUT2D eigenvalue weighted by molar-refractivity contribution is 0.194. The third kappa shape index (κ3) is 3.30. The average Bonchev–Trinajstić information content (AvgIpc) is 2.70. The maximum absolute atomic E-state index is 5.05. The quantitative estimate of drug-likeness (QED) is 0.759. The number of aryl methyl sites for hydroxylation is 2. The molecule has 0 fully saturated rings. The Balaban J connectivity index is 0.000000686. The molecular weight excluding hydrogens is 212 g/mol. The molecule has 0 saturated heterocycles. The van der Waals surface area contributed by atoms with Crippen molar-refractivity contribution in [3.8, 4) is 0 Å². The number of hydrogen-bond acceptors (Lipinski definition) is 2. The Labute approximate surface area is 103 Å². The first-order valence-corrected chi connectivity index (χ1v) is 6.24. The van der Waals surface area contributed by atoms with Crippen LogP contribution in [0, 0.1) is 6.92 Å². The molecule has 2 heterocycles. The molecule has 3 heteroatoms. The fourth-order valence-electron chi connectivity index (χ4n) is 1.82. The van der Waals surface area contributed by atoms with Crippen molar-refractivity contribution in [2.45, 2.75) is 33.6 Å². The molecule has 0 bridgehead atoms. The average molecular weight is 234 g/mol. The molecule has 2 rings (SSSR count). The molecule has 2 aromatic rings. The van der Waals surface area contributed by atoms with Crippen LogP contribution in [0.4, 0.5) is 0 Å². The summed E-state index contributed by atoms with van der Waals surface area (Å²) in [6.07, 6.45) is 4.05. The lowest BCUT2D eigenvalue weighted by Crippen LogP contribution is -1.97. The van der Waals surface area contributed by atoms with E-state index in [4.69, 9.17) is 4.74 Å². The van der Waals surface area contributed by atoms with Crippen LogP contribution >= 0.6 is 0 Å². The molecule has 94 valence electrons.